The van der Waals surface area contributed by atoms with Gasteiger partial charge in [0, 0.05) is 11.9 Å². The zero-order chi connectivity index (χ0) is 14.4. The number of hydrogen-bond donors (Lipinski definition) is 1. The highest BCUT2D eigenvalue weighted by molar-refractivity contribution is 5.96. The largest absolute Gasteiger partial charge is 0.379 e. The number of rotatable bonds is 3. The smallest absolute Gasteiger partial charge is 0.311 e. The molecule has 0 atom stereocenters. The Morgan fingerprint density at radius 1 is 1.37 bits per heavy atom. The highest BCUT2D eigenvalue weighted by Crippen LogP contribution is 2.31. The van der Waals surface area contributed by atoms with Crippen molar-refractivity contribution in [3.63, 3.8) is 0 Å². The van der Waals surface area contributed by atoms with E-state index in [1.165, 1.54) is 6.20 Å². The molecule has 102 valence electrons. The van der Waals surface area contributed by atoms with E-state index in [0.717, 1.165) is 16.5 Å². The minimum Gasteiger partial charge on any atom is -0.379 e. The van der Waals surface area contributed by atoms with Crippen LogP contribution in [0.4, 0.5) is 11.4 Å². The Bertz CT molecular complexity index is 582. The van der Waals surface area contributed by atoms with Crippen LogP contribution in [0.15, 0.2) is 24.4 Å². The lowest BCUT2D eigenvalue weighted by Gasteiger charge is -2.08. The minimum atomic E-state index is -0.410. The van der Waals surface area contributed by atoms with Gasteiger partial charge in [0.2, 0.25) is 0 Å². The Morgan fingerprint density at radius 3 is 2.63 bits per heavy atom. The van der Waals surface area contributed by atoms with Crippen molar-refractivity contribution < 1.29 is 4.92 Å². The summed E-state index contributed by atoms with van der Waals surface area (Å²) < 4.78 is 0. The molecule has 0 radical (unpaired) electrons. The second kappa shape index (κ2) is 6.68. The number of pyridine rings is 1. The van der Waals surface area contributed by atoms with Gasteiger partial charge in [0.15, 0.2) is 0 Å². The van der Waals surface area contributed by atoms with Gasteiger partial charge in [-0.25, -0.2) is 4.98 Å². The molecule has 0 unspecified atom stereocenters. The normalized spacial score (nSPS) is 9.68. The standard InChI is InChI=1S/C12H13N3O2.C2H6/c1-3-13-12-9-6-8(2)4-5-10(9)14-7-11(12)15(16)17;1-2/h4-7H,3H2,1-2H3,(H,13,14);1-2H3. The molecule has 1 heterocycles. The Labute approximate surface area is 112 Å². The number of nitrogens with one attached hydrogen (secondary N) is 1. The molecule has 0 aliphatic rings. The number of nitro groups is 1. The molecule has 0 saturated carbocycles. The van der Waals surface area contributed by atoms with E-state index in [1.54, 1.807) is 0 Å². The third-order valence-corrected chi connectivity index (χ3v) is 2.55. The van der Waals surface area contributed by atoms with Gasteiger partial charge in [-0.15, -0.1) is 0 Å². The topological polar surface area (TPSA) is 68.1 Å². The molecule has 5 nitrogen and oxygen atoms in total. The van der Waals surface area contributed by atoms with Crippen molar-refractivity contribution in [1.82, 2.24) is 4.98 Å². The van der Waals surface area contributed by atoms with E-state index in [0.29, 0.717) is 12.2 Å². The summed E-state index contributed by atoms with van der Waals surface area (Å²) in [7, 11) is 0. The van der Waals surface area contributed by atoms with E-state index in [2.05, 4.69) is 10.3 Å². The van der Waals surface area contributed by atoms with Crippen molar-refractivity contribution in [2.24, 2.45) is 0 Å². The molecule has 5 heteroatoms. The van der Waals surface area contributed by atoms with Gasteiger partial charge in [-0.3, -0.25) is 10.1 Å². The first-order chi connectivity index (χ1) is 9.13. The summed E-state index contributed by atoms with van der Waals surface area (Å²) in [6, 6.07) is 5.72. The van der Waals surface area contributed by atoms with Crippen LogP contribution in [0.1, 0.15) is 26.3 Å². The molecular weight excluding hydrogens is 242 g/mol. The molecule has 2 rings (SSSR count). The lowest BCUT2D eigenvalue weighted by molar-refractivity contribution is -0.384. The SMILES string of the molecule is CC.CCNc1c([N+](=O)[O-])cnc2ccc(C)cc12. The Morgan fingerprint density at radius 2 is 2.05 bits per heavy atom. The fourth-order valence-electron chi connectivity index (χ4n) is 1.80. The first-order valence-electron chi connectivity index (χ1n) is 6.41. The van der Waals surface area contributed by atoms with Gasteiger partial charge >= 0.3 is 5.69 Å². The number of nitrogens with zero attached hydrogens (tertiary/aromatic N) is 2. The van der Waals surface area contributed by atoms with Gasteiger partial charge in [0.25, 0.3) is 0 Å². The summed E-state index contributed by atoms with van der Waals surface area (Å²) in [6.45, 7) is 8.49. The summed E-state index contributed by atoms with van der Waals surface area (Å²) >= 11 is 0. The van der Waals surface area contributed by atoms with Crippen LogP contribution < -0.4 is 5.32 Å². The predicted octanol–water partition coefficient (Wildman–Crippen LogP) is 3.91. The second-order valence-corrected chi connectivity index (χ2v) is 3.83. The third-order valence-electron chi connectivity index (χ3n) is 2.55. The van der Waals surface area contributed by atoms with Gasteiger partial charge in [0.05, 0.1) is 10.4 Å². The van der Waals surface area contributed by atoms with Crippen molar-refractivity contribution in [2.75, 3.05) is 11.9 Å². The van der Waals surface area contributed by atoms with Crippen LogP contribution in [0.3, 0.4) is 0 Å². The molecule has 0 amide bonds. The number of aromatic nitrogens is 1. The molecule has 0 saturated heterocycles. The van der Waals surface area contributed by atoms with Crippen LogP contribution >= 0.6 is 0 Å². The van der Waals surface area contributed by atoms with E-state index >= 15 is 0 Å². The highest BCUT2D eigenvalue weighted by atomic mass is 16.6. The van der Waals surface area contributed by atoms with Crippen LogP contribution in [0.5, 0.6) is 0 Å². The number of anilines is 1. The molecule has 2 aromatic rings. The van der Waals surface area contributed by atoms with E-state index < -0.39 is 4.92 Å². The maximum absolute atomic E-state index is 11.0. The third kappa shape index (κ3) is 3.19. The molecule has 1 N–H and O–H groups in total. The molecule has 0 bridgehead atoms. The summed E-state index contributed by atoms with van der Waals surface area (Å²) in [6.07, 6.45) is 1.30. The molecule has 0 aliphatic heterocycles. The summed E-state index contributed by atoms with van der Waals surface area (Å²) in [5.74, 6) is 0. The van der Waals surface area contributed by atoms with Crippen molar-refractivity contribution in [3.8, 4) is 0 Å². The summed E-state index contributed by atoms with van der Waals surface area (Å²) in [4.78, 5) is 14.6. The minimum absolute atomic E-state index is 0.0185. The van der Waals surface area contributed by atoms with Crippen molar-refractivity contribution >= 4 is 22.3 Å². The zero-order valence-corrected chi connectivity index (χ0v) is 11.7. The van der Waals surface area contributed by atoms with Crippen molar-refractivity contribution in [2.45, 2.75) is 27.7 Å². The first-order valence-corrected chi connectivity index (χ1v) is 6.41. The molecule has 1 aromatic heterocycles. The Hall–Kier alpha value is -2.17. The average molecular weight is 261 g/mol. The quantitative estimate of drug-likeness (QED) is 0.671. The molecule has 1 aromatic carbocycles. The lowest BCUT2D eigenvalue weighted by atomic mass is 10.1. The van der Waals surface area contributed by atoms with E-state index in [4.69, 9.17) is 0 Å². The monoisotopic (exact) mass is 261 g/mol. The van der Waals surface area contributed by atoms with Crippen molar-refractivity contribution in [3.05, 3.63) is 40.1 Å². The van der Waals surface area contributed by atoms with E-state index in [1.807, 2.05) is 45.9 Å². The lowest BCUT2D eigenvalue weighted by Crippen LogP contribution is -2.03. The summed E-state index contributed by atoms with van der Waals surface area (Å²) in [5.41, 5.74) is 2.38. The fraction of sp³-hybridized carbons (Fsp3) is 0.357. The molecule has 0 fully saturated rings. The predicted molar refractivity (Wildman–Crippen MR) is 78.6 cm³/mol. The van der Waals surface area contributed by atoms with Crippen LogP contribution in [0.2, 0.25) is 0 Å². The number of benzene rings is 1. The zero-order valence-electron chi connectivity index (χ0n) is 11.7. The van der Waals surface area contributed by atoms with E-state index in [-0.39, 0.29) is 5.69 Å². The molecule has 19 heavy (non-hydrogen) atoms. The first kappa shape index (κ1) is 14.9. The fourth-order valence-corrected chi connectivity index (χ4v) is 1.80. The van der Waals surface area contributed by atoms with Gasteiger partial charge in [-0.2, -0.15) is 0 Å². The molecular formula is C14H19N3O2. The summed E-state index contributed by atoms with van der Waals surface area (Å²) in [5, 5.41) is 14.8. The average Bonchev–Trinajstić information content (AvgIpc) is 2.41. The Balaban J connectivity index is 0.000000861. The van der Waals surface area contributed by atoms with Crippen LogP contribution in [-0.2, 0) is 0 Å². The van der Waals surface area contributed by atoms with Crippen LogP contribution in [-0.4, -0.2) is 16.5 Å². The van der Waals surface area contributed by atoms with Gasteiger partial charge in [-0.05, 0) is 26.0 Å². The van der Waals surface area contributed by atoms with E-state index in [9.17, 15) is 10.1 Å². The molecule has 0 spiro atoms. The number of aryl methyl sites for hydroxylation is 1. The van der Waals surface area contributed by atoms with Crippen LogP contribution in [0, 0.1) is 17.0 Å². The maximum atomic E-state index is 11.0. The second-order valence-electron chi connectivity index (χ2n) is 3.83. The number of fused-ring (bicyclic) bond motifs is 1. The number of hydrogen-bond acceptors (Lipinski definition) is 4. The van der Waals surface area contributed by atoms with Crippen molar-refractivity contribution in [1.29, 1.82) is 0 Å². The highest BCUT2D eigenvalue weighted by Gasteiger charge is 2.17. The van der Waals surface area contributed by atoms with Gasteiger partial charge < -0.3 is 5.32 Å². The Kier molecular flexibility index (Phi) is 5.23. The molecule has 0 aliphatic carbocycles. The maximum Gasteiger partial charge on any atom is 0.311 e. The van der Waals surface area contributed by atoms with Gasteiger partial charge in [-0.1, -0.05) is 25.5 Å². The van der Waals surface area contributed by atoms with Gasteiger partial charge in [0.1, 0.15) is 11.9 Å². The van der Waals surface area contributed by atoms with Crippen LogP contribution in [0.25, 0.3) is 10.9 Å².